The number of hydrogen-bond donors (Lipinski definition) is 2. The largest absolute Gasteiger partial charge is 0.406 e. The number of rotatable bonds is 6. The molecule has 2 rings (SSSR count). The number of aromatic nitrogens is 3. The lowest BCUT2D eigenvalue weighted by molar-refractivity contribution is 0.427. The second kappa shape index (κ2) is 6.29. The molecule has 2 aromatic rings. The Balaban J connectivity index is 2.00. The summed E-state index contributed by atoms with van der Waals surface area (Å²) >= 11 is 0. The maximum Gasteiger partial charge on any atom is 0.316 e. The van der Waals surface area contributed by atoms with E-state index in [1.54, 1.807) is 6.20 Å². The van der Waals surface area contributed by atoms with E-state index in [0.717, 1.165) is 12.1 Å². The summed E-state index contributed by atoms with van der Waals surface area (Å²) in [6, 6.07) is 4.46. The Morgan fingerprint density at radius 1 is 1.26 bits per heavy atom. The maximum atomic E-state index is 5.57. The van der Waals surface area contributed by atoms with Gasteiger partial charge >= 0.3 is 6.01 Å². The third-order valence-electron chi connectivity index (χ3n) is 2.85. The Hall–Kier alpha value is -1.95. The minimum atomic E-state index is 0.0572. The van der Waals surface area contributed by atoms with Crippen molar-refractivity contribution >= 4 is 6.01 Å². The van der Waals surface area contributed by atoms with Gasteiger partial charge in [0.05, 0.1) is 12.1 Å². The molecule has 0 amide bonds. The molecule has 0 bridgehead atoms. The molecule has 19 heavy (non-hydrogen) atoms. The third kappa shape index (κ3) is 3.51. The average Bonchev–Trinajstić information content (AvgIpc) is 2.88. The Kier molecular flexibility index (Phi) is 4.46. The maximum absolute atomic E-state index is 5.57. The van der Waals surface area contributed by atoms with Gasteiger partial charge in [-0.15, -0.1) is 5.10 Å². The van der Waals surface area contributed by atoms with Crippen LogP contribution in [0.4, 0.5) is 6.01 Å². The highest BCUT2D eigenvalue weighted by molar-refractivity contribution is 5.26. The lowest BCUT2D eigenvalue weighted by atomic mass is 10.1. The van der Waals surface area contributed by atoms with Gasteiger partial charge in [-0.05, 0) is 32.0 Å². The van der Waals surface area contributed by atoms with Gasteiger partial charge in [0, 0.05) is 12.4 Å². The zero-order chi connectivity index (χ0) is 13.7. The lowest BCUT2D eigenvalue weighted by Crippen LogP contribution is -2.17. The first-order chi connectivity index (χ1) is 9.20. The van der Waals surface area contributed by atoms with Crippen LogP contribution < -0.4 is 10.6 Å². The molecule has 0 aromatic carbocycles. The van der Waals surface area contributed by atoms with Crippen LogP contribution in [0, 0.1) is 0 Å². The molecule has 0 aliphatic heterocycles. The van der Waals surface area contributed by atoms with Crippen LogP contribution in [0.3, 0.4) is 0 Å². The second-order valence-electron chi connectivity index (χ2n) is 4.38. The van der Waals surface area contributed by atoms with E-state index >= 15 is 0 Å². The fraction of sp³-hybridized carbons (Fsp3) is 0.462. The summed E-state index contributed by atoms with van der Waals surface area (Å²) in [4.78, 5) is 4.09. The van der Waals surface area contributed by atoms with E-state index < -0.39 is 0 Å². The topological polar surface area (TPSA) is 75.9 Å². The molecule has 0 radical (unpaired) electrons. The highest BCUT2D eigenvalue weighted by atomic mass is 16.4. The SMILES string of the molecule is CCNC(C)c1nnc(NC(C)c2cccnc2)o1. The molecule has 6 nitrogen and oxygen atoms in total. The van der Waals surface area contributed by atoms with Gasteiger partial charge in [0.1, 0.15) is 0 Å². The Labute approximate surface area is 112 Å². The third-order valence-corrected chi connectivity index (χ3v) is 2.85. The van der Waals surface area contributed by atoms with Crippen LogP contribution in [0.1, 0.15) is 44.3 Å². The molecule has 2 aromatic heterocycles. The van der Waals surface area contributed by atoms with Gasteiger partial charge in [-0.1, -0.05) is 18.1 Å². The molecule has 0 fully saturated rings. The van der Waals surface area contributed by atoms with Crippen LogP contribution in [0.5, 0.6) is 0 Å². The smallest absolute Gasteiger partial charge is 0.316 e. The molecule has 0 spiro atoms. The summed E-state index contributed by atoms with van der Waals surface area (Å²) < 4.78 is 5.57. The second-order valence-corrected chi connectivity index (χ2v) is 4.38. The van der Waals surface area contributed by atoms with Crippen molar-refractivity contribution in [3.8, 4) is 0 Å². The van der Waals surface area contributed by atoms with Crippen molar-refractivity contribution in [1.29, 1.82) is 0 Å². The zero-order valence-electron chi connectivity index (χ0n) is 11.4. The van der Waals surface area contributed by atoms with E-state index in [-0.39, 0.29) is 12.1 Å². The summed E-state index contributed by atoms with van der Waals surface area (Å²) in [6.45, 7) is 6.91. The number of anilines is 1. The summed E-state index contributed by atoms with van der Waals surface area (Å²) in [6.07, 6.45) is 3.56. The summed E-state index contributed by atoms with van der Waals surface area (Å²) in [5, 5.41) is 14.4. The predicted molar refractivity (Wildman–Crippen MR) is 72.7 cm³/mol. The molecule has 0 aliphatic rings. The Morgan fingerprint density at radius 2 is 2.11 bits per heavy atom. The molecular formula is C13H19N5O. The van der Waals surface area contributed by atoms with Crippen molar-refractivity contribution in [2.75, 3.05) is 11.9 Å². The van der Waals surface area contributed by atoms with Gasteiger partial charge in [-0.2, -0.15) is 0 Å². The summed E-state index contributed by atoms with van der Waals surface area (Å²) in [5.41, 5.74) is 1.07. The van der Waals surface area contributed by atoms with E-state index in [1.807, 2.05) is 39.1 Å². The van der Waals surface area contributed by atoms with Gasteiger partial charge in [0.15, 0.2) is 0 Å². The Bertz CT molecular complexity index is 499. The zero-order valence-corrected chi connectivity index (χ0v) is 11.4. The lowest BCUT2D eigenvalue weighted by Gasteiger charge is -2.11. The van der Waals surface area contributed by atoms with Crippen molar-refractivity contribution in [3.63, 3.8) is 0 Å². The molecular weight excluding hydrogens is 242 g/mol. The van der Waals surface area contributed by atoms with E-state index in [2.05, 4.69) is 25.8 Å². The van der Waals surface area contributed by atoms with Crippen LogP contribution in [0.15, 0.2) is 28.9 Å². The molecule has 2 atom stereocenters. The molecule has 2 N–H and O–H groups in total. The first kappa shape index (κ1) is 13.5. The van der Waals surface area contributed by atoms with Gasteiger partial charge in [-0.3, -0.25) is 4.98 Å². The van der Waals surface area contributed by atoms with E-state index in [1.165, 1.54) is 0 Å². The monoisotopic (exact) mass is 261 g/mol. The van der Waals surface area contributed by atoms with Crippen molar-refractivity contribution in [2.24, 2.45) is 0 Å². The highest BCUT2D eigenvalue weighted by Crippen LogP contribution is 2.19. The first-order valence-electron chi connectivity index (χ1n) is 6.44. The highest BCUT2D eigenvalue weighted by Gasteiger charge is 2.14. The molecule has 0 saturated heterocycles. The van der Waals surface area contributed by atoms with Crippen LogP contribution in [0.25, 0.3) is 0 Å². The van der Waals surface area contributed by atoms with E-state index in [9.17, 15) is 0 Å². The van der Waals surface area contributed by atoms with E-state index in [4.69, 9.17) is 4.42 Å². The molecule has 6 heteroatoms. The van der Waals surface area contributed by atoms with Gasteiger partial charge in [0.2, 0.25) is 5.89 Å². The average molecular weight is 261 g/mol. The van der Waals surface area contributed by atoms with Crippen molar-refractivity contribution < 1.29 is 4.42 Å². The van der Waals surface area contributed by atoms with Gasteiger partial charge < -0.3 is 15.1 Å². The summed E-state index contributed by atoms with van der Waals surface area (Å²) in [5.74, 6) is 0.586. The van der Waals surface area contributed by atoms with Crippen molar-refractivity contribution in [1.82, 2.24) is 20.5 Å². The number of nitrogens with one attached hydrogen (secondary N) is 2. The fourth-order valence-corrected chi connectivity index (χ4v) is 1.76. The van der Waals surface area contributed by atoms with Gasteiger partial charge in [0.25, 0.3) is 0 Å². The van der Waals surface area contributed by atoms with Crippen LogP contribution >= 0.6 is 0 Å². The molecule has 0 aliphatic carbocycles. The quantitative estimate of drug-likeness (QED) is 0.831. The molecule has 0 saturated carbocycles. The number of pyridine rings is 1. The summed E-state index contributed by atoms with van der Waals surface area (Å²) in [7, 11) is 0. The predicted octanol–water partition coefficient (Wildman–Crippen LogP) is 2.31. The molecule has 2 heterocycles. The van der Waals surface area contributed by atoms with E-state index in [0.29, 0.717) is 11.9 Å². The Morgan fingerprint density at radius 3 is 2.79 bits per heavy atom. The fourth-order valence-electron chi connectivity index (χ4n) is 1.76. The minimum Gasteiger partial charge on any atom is -0.406 e. The number of nitrogens with zero attached hydrogens (tertiary/aromatic N) is 3. The van der Waals surface area contributed by atoms with Crippen molar-refractivity contribution in [3.05, 3.63) is 36.0 Å². The standard InChI is InChI=1S/C13H19N5O/c1-4-15-10(3)12-17-18-13(19-12)16-9(2)11-6-5-7-14-8-11/h5-10,15H,4H2,1-3H3,(H,16,18). The normalized spacial score (nSPS) is 14.1. The first-order valence-corrected chi connectivity index (χ1v) is 6.44. The van der Waals surface area contributed by atoms with Crippen LogP contribution in [-0.2, 0) is 0 Å². The molecule has 102 valence electrons. The van der Waals surface area contributed by atoms with Crippen molar-refractivity contribution in [2.45, 2.75) is 32.9 Å². The van der Waals surface area contributed by atoms with Crippen LogP contribution in [-0.4, -0.2) is 21.7 Å². The minimum absolute atomic E-state index is 0.0572. The molecule has 2 unspecified atom stereocenters. The number of hydrogen-bond acceptors (Lipinski definition) is 6. The van der Waals surface area contributed by atoms with Crippen LogP contribution in [0.2, 0.25) is 0 Å². The van der Waals surface area contributed by atoms with Gasteiger partial charge in [-0.25, -0.2) is 0 Å².